The molecule has 0 aliphatic carbocycles. The minimum Gasteiger partial charge on any atom is -0.493 e. The van der Waals surface area contributed by atoms with Crippen LogP contribution in [0.4, 0.5) is 16.0 Å². The number of nitrogens with zero attached hydrogens (tertiary/aromatic N) is 3. The maximum absolute atomic E-state index is 14.6. The summed E-state index contributed by atoms with van der Waals surface area (Å²) in [6.45, 7) is 12.4. The standard InChI is InChI=1S/C30H36FN5O5S/c1-18(2)17-41-23-13-21(12-22(31)14-23)25-11-10-24(28(33-25)36-16-19(3)15-30(36,5)6)29(38)35-42(39,40)27-9-7-8-26(34-27)32-20(4)37/h7-14,18-19H,15-17H2,1-6H3,(H,35,38)(H,32,34,37)/t19-/m0/s1. The number of pyridine rings is 2. The van der Waals surface area contributed by atoms with Gasteiger partial charge in [0, 0.05) is 30.6 Å². The van der Waals surface area contributed by atoms with Gasteiger partial charge in [0.05, 0.1) is 17.9 Å². The molecule has 2 aromatic heterocycles. The summed E-state index contributed by atoms with van der Waals surface area (Å²) in [6.07, 6.45) is 0.825. The molecule has 1 aliphatic heterocycles. The molecular weight excluding hydrogens is 561 g/mol. The van der Waals surface area contributed by atoms with Crippen molar-refractivity contribution in [3.8, 4) is 17.0 Å². The first-order chi connectivity index (χ1) is 19.6. The molecule has 12 heteroatoms. The summed E-state index contributed by atoms with van der Waals surface area (Å²) in [5, 5.41) is 1.99. The highest BCUT2D eigenvalue weighted by Crippen LogP contribution is 2.38. The normalized spacial score (nSPS) is 16.4. The number of anilines is 2. The topological polar surface area (TPSA) is 131 Å². The van der Waals surface area contributed by atoms with Gasteiger partial charge in [0.1, 0.15) is 23.2 Å². The molecule has 2 amide bonds. The summed E-state index contributed by atoms with van der Waals surface area (Å²) < 4.78 is 48.7. The number of aromatic nitrogens is 2. The number of ether oxygens (including phenoxy) is 1. The predicted molar refractivity (Wildman–Crippen MR) is 158 cm³/mol. The molecule has 4 rings (SSSR count). The fourth-order valence-electron chi connectivity index (χ4n) is 5.05. The Balaban J connectivity index is 1.74. The van der Waals surface area contributed by atoms with Crippen LogP contribution in [0.15, 0.2) is 53.6 Å². The SMILES string of the molecule is CC(=O)Nc1cccc(S(=O)(=O)NC(=O)c2ccc(-c3cc(F)cc(OCC(C)C)c3)nc2N2C[C@@H](C)CC2(C)C)n1. The molecule has 1 atom stereocenters. The average molecular weight is 598 g/mol. The highest BCUT2D eigenvalue weighted by molar-refractivity contribution is 7.90. The molecule has 0 radical (unpaired) electrons. The Hall–Kier alpha value is -4.06. The second-order valence-electron chi connectivity index (χ2n) is 11.7. The van der Waals surface area contributed by atoms with Crippen molar-refractivity contribution in [2.75, 3.05) is 23.4 Å². The fraction of sp³-hybridized carbons (Fsp3) is 0.400. The van der Waals surface area contributed by atoms with Crippen molar-refractivity contribution in [2.24, 2.45) is 11.8 Å². The second kappa shape index (κ2) is 12.0. The smallest absolute Gasteiger partial charge is 0.281 e. The van der Waals surface area contributed by atoms with Crippen LogP contribution in [0.3, 0.4) is 0 Å². The minimum absolute atomic E-state index is 0.0316. The van der Waals surface area contributed by atoms with Crippen LogP contribution in [0.1, 0.15) is 58.3 Å². The van der Waals surface area contributed by atoms with Crippen LogP contribution in [-0.4, -0.2) is 48.9 Å². The molecule has 10 nitrogen and oxygen atoms in total. The molecule has 0 bridgehead atoms. The van der Waals surface area contributed by atoms with Gasteiger partial charge >= 0.3 is 0 Å². The van der Waals surface area contributed by atoms with Crippen LogP contribution in [0.25, 0.3) is 11.3 Å². The van der Waals surface area contributed by atoms with Crippen LogP contribution in [0.5, 0.6) is 5.75 Å². The molecule has 3 aromatic rings. The van der Waals surface area contributed by atoms with Gasteiger partial charge in [0.15, 0.2) is 5.03 Å². The molecule has 42 heavy (non-hydrogen) atoms. The summed E-state index contributed by atoms with van der Waals surface area (Å²) in [5.74, 6) is -0.602. The van der Waals surface area contributed by atoms with E-state index in [2.05, 4.69) is 21.9 Å². The number of nitrogens with one attached hydrogen (secondary N) is 2. The summed E-state index contributed by atoms with van der Waals surface area (Å²) in [7, 11) is -4.41. The van der Waals surface area contributed by atoms with Gasteiger partial charge in [-0.3, -0.25) is 9.59 Å². The second-order valence-corrected chi connectivity index (χ2v) is 13.3. The van der Waals surface area contributed by atoms with Gasteiger partial charge in [-0.05, 0) is 68.5 Å². The highest BCUT2D eigenvalue weighted by Gasteiger charge is 2.39. The van der Waals surface area contributed by atoms with E-state index in [1.54, 1.807) is 12.1 Å². The van der Waals surface area contributed by atoms with E-state index < -0.39 is 32.7 Å². The molecule has 1 aromatic carbocycles. The summed E-state index contributed by atoms with van der Waals surface area (Å²) >= 11 is 0. The number of benzene rings is 1. The van der Waals surface area contributed by atoms with Crippen molar-refractivity contribution in [2.45, 2.75) is 58.5 Å². The Morgan fingerprint density at radius 2 is 1.88 bits per heavy atom. The number of hydrogen-bond donors (Lipinski definition) is 2. The Bertz CT molecular complexity index is 1610. The zero-order valence-electron chi connectivity index (χ0n) is 24.6. The van der Waals surface area contributed by atoms with Crippen molar-refractivity contribution in [1.29, 1.82) is 0 Å². The minimum atomic E-state index is -4.41. The number of sulfonamides is 1. The van der Waals surface area contributed by atoms with E-state index in [0.29, 0.717) is 30.2 Å². The molecule has 3 heterocycles. The Morgan fingerprint density at radius 3 is 2.52 bits per heavy atom. The van der Waals surface area contributed by atoms with Gasteiger partial charge in [0.2, 0.25) is 5.91 Å². The number of halogens is 1. The van der Waals surface area contributed by atoms with Gasteiger partial charge in [-0.25, -0.2) is 19.1 Å². The lowest BCUT2D eigenvalue weighted by atomic mass is 9.97. The monoisotopic (exact) mass is 597 g/mol. The summed E-state index contributed by atoms with van der Waals surface area (Å²) in [6, 6.07) is 11.4. The molecule has 1 aliphatic rings. The molecule has 0 spiro atoms. The summed E-state index contributed by atoms with van der Waals surface area (Å²) in [4.78, 5) is 35.7. The molecule has 0 unspecified atom stereocenters. The van der Waals surface area contributed by atoms with Gasteiger partial charge in [-0.2, -0.15) is 8.42 Å². The van der Waals surface area contributed by atoms with E-state index >= 15 is 0 Å². The van der Waals surface area contributed by atoms with Crippen LogP contribution in [0, 0.1) is 17.7 Å². The Morgan fingerprint density at radius 1 is 1.14 bits per heavy atom. The number of carbonyl (C=O) groups excluding carboxylic acids is 2. The first-order valence-electron chi connectivity index (χ1n) is 13.7. The predicted octanol–water partition coefficient (Wildman–Crippen LogP) is 5.02. The number of carbonyl (C=O) groups is 2. The quantitative estimate of drug-likeness (QED) is 0.352. The van der Waals surface area contributed by atoms with E-state index in [1.807, 2.05) is 32.6 Å². The van der Waals surface area contributed by atoms with Gasteiger partial charge in [-0.1, -0.05) is 26.8 Å². The van der Waals surface area contributed by atoms with Crippen molar-refractivity contribution < 1.29 is 27.1 Å². The van der Waals surface area contributed by atoms with Crippen molar-refractivity contribution >= 4 is 33.5 Å². The van der Waals surface area contributed by atoms with Crippen molar-refractivity contribution in [3.63, 3.8) is 0 Å². The molecule has 0 saturated carbocycles. The van der Waals surface area contributed by atoms with Crippen LogP contribution >= 0.6 is 0 Å². The fourth-order valence-corrected chi connectivity index (χ4v) is 5.99. The lowest BCUT2D eigenvalue weighted by molar-refractivity contribution is -0.114. The van der Waals surface area contributed by atoms with E-state index in [0.717, 1.165) is 6.42 Å². The Kier molecular flexibility index (Phi) is 8.86. The summed E-state index contributed by atoms with van der Waals surface area (Å²) in [5.41, 5.74) is 0.507. The third-order valence-electron chi connectivity index (χ3n) is 6.73. The zero-order valence-corrected chi connectivity index (χ0v) is 25.4. The molecule has 1 saturated heterocycles. The molecule has 2 N–H and O–H groups in total. The number of amides is 2. The average Bonchev–Trinajstić information content (AvgIpc) is 3.17. The molecular formula is C30H36FN5O5S. The van der Waals surface area contributed by atoms with Crippen LogP contribution in [-0.2, 0) is 14.8 Å². The van der Waals surface area contributed by atoms with Gasteiger partial charge in [0.25, 0.3) is 15.9 Å². The van der Waals surface area contributed by atoms with E-state index in [4.69, 9.17) is 9.72 Å². The third kappa shape index (κ3) is 7.22. The maximum atomic E-state index is 14.6. The van der Waals surface area contributed by atoms with Crippen molar-refractivity contribution in [1.82, 2.24) is 14.7 Å². The lowest BCUT2D eigenvalue weighted by Gasteiger charge is -2.34. The number of hydrogen-bond acceptors (Lipinski definition) is 8. The van der Waals surface area contributed by atoms with E-state index in [1.165, 1.54) is 43.3 Å². The highest BCUT2D eigenvalue weighted by atomic mass is 32.2. The van der Waals surface area contributed by atoms with E-state index in [-0.39, 0.29) is 34.6 Å². The van der Waals surface area contributed by atoms with Crippen LogP contribution < -0.4 is 19.7 Å². The zero-order chi connectivity index (χ0) is 30.8. The Labute approximate surface area is 245 Å². The van der Waals surface area contributed by atoms with Crippen molar-refractivity contribution in [3.05, 3.63) is 59.9 Å². The molecule has 224 valence electrons. The number of rotatable bonds is 9. The lowest BCUT2D eigenvalue weighted by Crippen LogP contribution is -2.41. The van der Waals surface area contributed by atoms with Gasteiger partial charge < -0.3 is 15.0 Å². The first kappa shape index (κ1) is 30.9. The largest absolute Gasteiger partial charge is 0.493 e. The van der Waals surface area contributed by atoms with Crippen LogP contribution in [0.2, 0.25) is 0 Å². The van der Waals surface area contributed by atoms with E-state index in [9.17, 15) is 22.4 Å². The molecule has 1 fully saturated rings. The first-order valence-corrected chi connectivity index (χ1v) is 15.2. The maximum Gasteiger partial charge on any atom is 0.281 e. The third-order valence-corrected chi connectivity index (χ3v) is 7.96. The van der Waals surface area contributed by atoms with Gasteiger partial charge in [-0.15, -0.1) is 0 Å².